The molecule has 0 saturated carbocycles. The maximum atomic E-state index is 3.95. The van der Waals surface area contributed by atoms with Gasteiger partial charge in [0.1, 0.15) is 0 Å². The first kappa shape index (κ1) is 49.2. The predicted molar refractivity (Wildman–Crippen MR) is 240 cm³/mol. The molecule has 4 aromatic rings. The fraction of sp³-hybridized carbons (Fsp3) is 0.417. The molecule has 0 radical (unpaired) electrons. The molecule has 5 rings (SSSR count). The van der Waals surface area contributed by atoms with Gasteiger partial charge >= 0.3 is 0 Å². The van der Waals surface area contributed by atoms with E-state index in [0.29, 0.717) is 35.5 Å². The minimum atomic E-state index is -2.91. The fourth-order valence-corrected chi connectivity index (χ4v) is 12.7. The molecule has 0 unspecified atom stereocenters. The Labute approximate surface area is 358 Å². The molecule has 0 aliphatic heterocycles. The topological polar surface area (TPSA) is 0 Å². The second kappa shape index (κ2) is 20.9. The Hall–Kier alpha value is -1.84. The monoisotopic (exact) mass is 821 g/mol. The van der Waals surface area contributed by atoms with Gasteiger partial charge in [-0.25, -0.2) is 5.57 Å². The number of benzene rings is 4. The molecule has 0 aromatic heterocycles. The molecule has 0 saturated heterocycles. The Balaban J connectivity index is 0.00000351. The Morgan fingerprint density at radius 3 is 1.06 bits per heavy atom. The molecule has 4 aromatic carbocycles. The average molecular weight is 823 g/mol. The minimum absolute atomic E-state index is 0. The zero-order valence-corrected chi connectivity index (χ0v) is 39.3. The zero-order chi connectivity index (χ0) is 35.6. The first-order valence-corrected chi connectivity index (χ1v) is 21.0. The molecule has 0 nitrogen and oxygen atoms in total. The number of halogens is 3. The van der Waals surface area contributed by atoms with Crippen LogP contribution in [0.1, 0.15) is 164 Å². The predicted octanol–water partition coefficient (Wildman–Crippen LogP) is 13.0. The number of rotatable bonds is 12. The second-order valence-electron chi connectivity index (χ2n) is 16.5. The molecular weight excluding hydrogens is 759 g/mol. The van der Waals surface area contributed by atoms with Crippen LogP contribution in [-0.2, 0) is 28.1 Å². The Morgan fingerprint density at radius 1 is 0.472 bits per heavy atom. The van der Waals surface area contributed by atoms with Crippen LogP contribution < -0.4 is 15.6 Å². The Morgan fingerprint density at radius 2 is 0.774 bits per heavy atom. The summed E-state index contributed by atoms with van der Waals surface area (Å²) in [5.41, 5.74) is 11.4. The van der Waals surface area contributed by atoms with E-state index in [-0.39, 0.29) is 58.9 Å². The SMILES string of the molecule is CC(C)c1cc(C(C)C)cc([Si](C2=CC[C-]=C2Cc2ccccc2)(c2cc(C(C)C)cc(C(C)C)c2)c2cc(C(C)C)cc(C(C)C)c2)c1.Cl.Cl.Cl.[Ti]. The van der Waals surface area contributed by atoms with E-state index in [1.807, 2.05) is 0 Å². The number of allylic oxidation sites excluding steroid dienone is 4. The van der Waals surface area contributed by atoms with Crippen molar-refractivity contribution in [2.45, 2.75) is 131 Å². The van der Waals surface area contributed by atoms with E-state index in [4.69, 9.17) is 0 Å². The minimum Gasteiger partial charge on any atom is -0.269 e. The molecular formula is C48H64Cl3SiTi-. The largest absolute Gasteiger partial charge is 0.269 e. The number of hydrogen-bond acceptors (Lipinski definition) is 0. The van der Waals surface area contributed by atoms with Crippen molar-refractivity contribution in [3.63, 3.8) is 0 Å². The van der Waals surface area contributed by atoms with Crippen LogP contribution >= 0.6 is 37.2 Å². The van der Waals surface area contributed by atoms with E-state index in [0.717, 1.165) is 12.8 Å². The van der Waals surface area contributed by atoms with Gasteiger partial charge in [0.15, 0.2) is 0 Å². The molecule has 5 heteroatoms. The molecule has 0 amide bonds. The van der Waals surface area contributed by atoms with Gasteiger partial charge in [0.25, 0.3) is 0 Å². The van der Waals surface area contributed by atoms with Gasteiger partial charge in [-0.2, -0.15) is 11.3 Å². The van der Waals surface area contributed by atoms with Gasteiger partial charge in [-0.05, 0) is 80.9 Å². The van der Waals surface area contributed by atoms with E-state index >= 15 is 0 Å². The summed E-state index contributed by atoms with van der Waals surface area (Å²) in [4.78, 5) is 0. The Bertz CT molecular complexity index is 1600. The summed E-state index contributed by atoms with van der Waals surface area (Å²) in [6.07, 6.45) is 8.31. The molecule has 53 heavy (non-hydrogen) atoms. The zero-order valence-electron chi connectivity index (χ0n) is 34.3. The molecule has 1 aliphatic carbocycles. The summed E-state index contributed by atoms with van der Waals surface area (Å²) in [6.45, 7) is 28.4. The van der Waals surface area contributed by atoms with Crippen molar-refractivity contribution < 1.29 is 21.7 Å². The molecule has 0 spiro atoms. The molecule has 0 heterocycles. The van der Waals surface area contributed by atoms with Gasteiger partial charge in [-0.1, -0.05) is 184 Å². The summed E-state index contributed by atoms with van der Waals surface area (Å²) in [5, 5.41) is 6.11. The van der Waals surface area contributed by atoms with Crippen molar-refractivity contribution in [3.8, 4) is 0 Å². The van der Waals surface area contributed by atoms with Crippen molar-refractivity contribution in [2.24, 2.45) is 0 Å². The van der Waals surface area contributed by atoms with Crippen LogP contribution in [0.25, 0.3) is 0 Å². The summed E-state index contributed by atoms with van der Waals surface area (Å²) in [6, 6.07) is 34.3. The van der Waals surface area contributed by atoms with Gasteiger partial charge in [0.2, 0.25) is 0 Å². The quantitative estimate of drug-likeness (QED) is 0.0759. The second-order valence-corrected chi connectivity index (χ2v) is 20.3. The van der Waals surface area contributed by atoms with E-state index in [1.54, 1.807) is 0 Å². The molecule has 286 valence electrons. The Kier molecular flexibility index (Phi) is 19.4. The van der Waals surface area contributed by atoms with Crippen molar-refractivity contribution in [3.05, 3.63) is 147 Å². The summed E-state index contributed by atoms with van der Waals surface area (Å²) >= 11 is 0. The van der Waals surface area contributed by atoms with Gasteiger partial charge < -0.3 is 0 Å². The summed E-state index contributed by atoms with van der Waals surface area (Å²) in [7, 11) is -2.91. The van der Waals surface area contributed by atoms with Crippen LogP contribution in [0.4, 0.5) is 0 Å². The van der Waals surface area contributed by atoms with Crippen LogP contribution in [0.15, 0.2) is 102 Å². The first-order valence-electron chi connectivity index (χ1n) is 19.0. The third-order valence-corrected chi connectivity index (χ3v) is 15.6. The van der Waals surface area contributed by atoms with Crippen molar-refractivity contribution in [1.29, 1.82) is 0 Å². The molecule has 0 atom stereocenters. The van der Waals surface area contributed by atoms with Crippen molar-refractivity contribution in [2.75, 3.05) is 0 Å². The standard InChI is InChI=1S/C48H61Si.3ClH.Ti/c1-31(2)39-22-40(32(3)4)26-45(25-39)49(46-27-41(33(5)6)23-42(28-46)34(7)8,47-29-43(35(9)10)24-44(30-47)36(11)12)48-20-16-19-38(48)21-37-17-14-13-15-18-37;;;;/h13-15,17-18,20,22-36H,16,21H2,1-12H3;3*1H;/q-1;;;;. The van der Waals surface area contributed by atoms with Gasteiger partial charge in [0, 0.05) is 21.7 Å². The van der Waals surface area contributed by atoms with Crippen molar-refractivity contribution >= 4 is 60.9 Å². The maximum absolute atomic E-state index is 3.95. The maximum Gasteiger partial charge on any atom is 0.0994 e. The smallest absolute Gasteiger partial charge is 0.0994 e. The van der Waals surface area contributed by atoms with Gasteiger partial charge in [-0.15, -0.1) is 43.6 Å². The fourth-order valence-electron chi connectivity index (χ4n) is 7.48. The van der Waals surface area contributed by atoms with Gasteiger partial charge in [0.05, 0.1) is 8.07 Å². The van der Waals surface area contributed by atoms with Crippen LogP contribution in [-0.4, -0.2) is 8.07 Å². The molecule has 0 fully saturated rings. The van der Waals surface area contributed by atoms with Crippen LogP contribution in [0.3, 0.4) is 0 Å². The van der Waals surface area contributed by atoms with E-state index in [9.17, 15) is 0 Å². The first-order chi connectivity index (χ1) is 23.2. The third kappa shape index (κ3) is 10.7. The average Bonchev–Trinajstić information content (AvgIpc) is 3.53. The molecule has 0 N–H and O–H groups in total. The molecule has 1 aliphatic rings. The van der Waals surface area contributed by atoms with Gasteiger partial charge in [-0.3, -0.25) is 6.08 Å². The summed E-state index contributed by atoms with van der Waals surface area (Å²) in [5.74, 6) is 2.63. The third-order valence-electron chi connectivity index (χ3n) is 10.8. The van der Waals surface area contributed by atoms with Crippen LogP contribution in [0, 0.1) is 6.08 Å². The van der Waals surface area contributed by atoms with E-state index < -0.39 is 8.07 Å². The van der Waals surface area contributed by atoms with E-state index in [2.05, 4.69) is 180 Å². The van der Waals surface area contributed by atoms with Crippen LogP contribution in [0.5, 0.6) is 0 Å². The number of hydrogen-bond donors (Lipinski definition) is 0. The normalized spacial score (nSPS) is 12.8. The van der Waals surface area contributed by atoms with Crippen molar-refractivity contribution in [1.82, 2.24) is 0 Å². The molecule has 0 bridgehead atoms. The van der Waals surface area contributed by atoms with E-state index in [1.165, 1.54) is 65.3 Å². The summed E-state index contributed by atoms with van der Waals surface area (Å²) < 4.78 is 0. The van der Waals surface area contributed by atoms with Crippen LogP contribution in [0.2, 0.25) is 0 Å².